The first kappa shape index (κ1) is 14.4. The Bertz CT molecular complexity index is 702. The number of rotatable bonds is 3. The predicted octanol–water partition coefficient (Wildman–Crippen LogP) is 3.55. The average Bonchev–Trinajstić information content (AvgIpc) is 3.07. The molecular formula is C15H16F2N2OS. The SMILES string of the molecule is Cc1csc(=Nc2ccc(F)cc2F)n1CC1CCCO1. The van der Waals surface area contributed by atoms with Crippen LogP contribution in [0.2, 0.25) is 0 Å². The number of halogens is 2. The van der Waals surface area contributed by atoms with Gasteiger partial charge in [0, 0.05) is 23.7 Å². The van der Waals surface area contributed by atoms with Crippen LogP contribution in [0.4, 0.5) is 14.5 Å². The van der Waals surface area contributed by atoms with Gasteiger partial charge in [-0.15, -0.1) is 11.3 Å². The molecule has 0 saturated carbocycles. The molecule has 0 radical (unpaired) electrons. The number of hydrogen-bond acceptors (Lipinski definition) is 3. The van der Waals surface area contributed by atoms with Gasteiger partial charge < -0.3 is 9.30 Å². The van der Waals surface area contributed by atoms with Gasteiger partial charge in [0.2, 0.25) is 0 Å². The molecule has 112 valence electrons. The van der Waals surface area contributed by atoms with Crippen molar-refractivity contribution in [3.8, 4) is 0 Å². The molecule has 3 nitrogen and oxygen atoms in total. The largest absolute Gasteiger partial charge is 0.376 e. The molecule has 1 aromatic heterocycles. The maximum atomic E-state index is 13.7. The summed E-state index contributed by atoms with van der Waals surface area (Å²) in [6.45, 7) is 3.51. The first-order valence-corrected chi connectivity index (χ1v) is 7.78. The van der Waals surface area contributed by atoms with E-state index in [-0.39, 0.29) is 11.8 Å². The van der Waals surface area contributed by atoms with Crippen LogP contribution in [-0.2, 0) is 11.3 Å². The Hall–Kier alpha value is -1.53. The second-order valence-electron chi connectivity index (χ2n) is 5.11. The normalized spacial score (nSPS) is 19.4. The number of ether oxygens (including phenoxy) is 1. The number of benzene rings is 1. The van der Waals surface area contributed by atoms with Crippen molar-refractivity contribution in [1.29, 1.82) is 0 Å². The summed E-state index contributed by atoms with van der Waals surface area (Å²) < 4.78 is 34.3. The Morgan fingerprint density at radius 1 is 1.43 bits per heavy atom. The molecule has 1 aliphatic heterocycles. The summed E-state index contributed by atoms with van der Waals surface area (Å²) in [6.07, 6.45) is 2.30. The molecule has 1 saturated heterocycles. The van der Waals surface area contributed by atoms with E-state index >= 15 is 0 Å². The van der Waals surface area contributed by atoms with Crippen LogP contribution in [0.1, 0.15) is 18.5 Å². The summed E-state index contributed by atoms with van der Waals surface area (Å²) in [5, 5.41) is 1.98. The first-order valence-electron chi connectivity index (χ1n) is 6.90. The molecule has 1 fully saturated rings. The third kappa shape index (κ3) is 3.22. The van der Waals surface area contributed by atoms with Gasteiger partial charge in [-0.05, 0) is 31.9 Å². The van der Waals surface area contributed by atoms with Gasteiger partial charge in [-0.3, -0.25) is 0 Å². The Morgan fingerprint density at radius 2 is 2.29 bits per heavy atom. The summed E-state index contributed by atoms with van der Waals surface area (Å²) in [4.78, 5) is 5.03. The van der Waals surface area contributed by atoms with Crippen LogP contribution in [-0.4, -0.2) is 17.3 Å². The molecular weight excluding hydrogens is 294 g/mol. The molecule has 0 bridgehead atoms. The molecule has 0 amide bonds. The number of aromatic nitrogens is 1. The van der Waals surface area contributed by atoms with Crippen LogP contribution in [0.5, 0.6) is 0 Å². The summed E-state index contributed by atoms with van der Waals surface area (Å²) in [5.74, 6) is -1.24. The lowest BCUT2D eigenvalue weighted by atomic mass is 10.2. The fraction of sp³-hybridized carbons (Fsp3) is 0.400. The van der Waals surface area contributed by atoms with Crippen molar-refractivity contribution in [3.05, 3.63) is 45.7 Å². The van der Waals surface area contributed by atoms with E-state index in [9.17, 15) is 8.78 Å². The predicted molar refractivity (Wildman–Crippen MR) is 77.6 cm³/mol. The zero-order valence-electron chi connectivity index (χ0n) is 11.7. The van der Waals surface area contributed by atoms with Crippen LogP contribution in [0.25, 0.3) is 0 Å². The van der Waals surface area contributed by atoms with Crippen LogP contribution in [0, 0.1) is 18.6 Å². The monoisotopic (exact) mass is 310 g/mol. The van der Waals surface area contributed by atoms with Crippen LogP contribution >= 0.6 is 11.3 Å². The summed E-state index contributed by atoms with van der Waals surface area (Å²) in [7, 11) is 0. The van der Waals surface area contributed by atoms with E-state index in [1.807, 2.05) is 16.9 Å². The maximum absolute atomic E-state index is 13.7. The molecule has 1 unspecified atom stereocenters. The third-order valence-electron chi connectivity index (χ3n) is 3.53. The van der Waals surface area contributed by atoms with Crippen molar-refractivity contribution in [2.45, 2.75) is 32.4 Å². The van der Waals surface area contributed by atoms with E-state index < -0.39 is 11.6 Å². The number of aryl methyl sites for hydroxylation is 1. The highest BCUT2D eigenvalue weighted by Gasteiger charge is 2.17. The molecule has 3 rings (SSSR count). The van der Waals surface area contributed by atoms with Gasteiger partial charge in [-0.25, -0.2) is 13.8 Å². The van der Waals surface area contributed by atoms with Crippen LogP contribution in [0.3, 0.4) is 0 Å². The fourth-order valence-electron chi connectivity index (χ4n) is 2.39. The lowest BCUT2D eigenvalue weighted by Gasteiger charge is -2.12. The third-order valence-corrected chi connectivity index (χ3v) is 4.51. The Kier molecular flexibility index (Phi) is 4.17. The molecule has 0 aliphatic carbocycles. The number of nitrogens with zero attached hydrogens (tertiary/aromatic N) is 2. The van der Waals surface area contributed by atoms with Crippen molar-refractivity contribution in [3.63, 3.8) is 0 Å². The Morgan fingerprint density at radius 3 is 3.00 bits per heavy atom. The van der Waals surface area contributed by atoms with Gasteiger partial charge >= 0.3 is 0 Å². The minimum Gasteiger partial charge on any atom is -0.376 e. The van der Waals surface area contributed by atoms with Gasteiger partial charge in [0.1, 0.15) is 11.5 Å². The van der Waals surface area contributed by atoms with E-state index in [0.29, 0.717) is 4.80 Å². The molecule has 1 aromatic carbocycles. The lowest BCUT2D eigenvalue weighted by molar-refractivity contribution is 0.0959. The average molecular weight is 310 g/mol. The smallest absolute Gasteiger partial charge is 0.190 e. The van der Waals surface area contributed by atoms with Crippen LogP contribution in [0.15, 0.2) is 28.6 Å². The van der Waals surface area contributed by atoms with Crippen molar-refractivity contribution in [2.24, 2.45) is 4.99 Å². The molecule has 21 heavy (non-hydrogen) atoms. The highest BCUT2D eigenvalue weighted by atomic mass is 32.1. The topological polar surface area (TPSA) is 26.5 Å². The van der Waals surface area contributed by atoms with Gasteiger partial charge in [-0.2, -0.15) is 0 Å². The van der Waals surface area contributed by atoms with E-state index in [2.05, 4.69) is 4.99 Å². The lowest BCUT2D eigenvalue weighted by Crippen LogP contribution is -2.24. The van der Waals surface area contributed by atoms with Gasteiger partial charge in [0.25, 0.3) is 0 Å². The molecule has 2 aromatic rings. The molecule has 0 N–H and O–H groups in total. The molecule has 6 heteroatoms. The van der Waals surface area contributed by atoms with E-state index in [1.165, 1.54) is 23.5 Å². The molecule has 0 spiro atoms. The van der Waals surface area contributed by atoms with Gasteiger partial charge in [0.05, 0.1) is 12.6 Å². The summed E-state index contributed by atoms with van der Waals surface area (Å²) in [6, 6.07) is 3.42. The minimum atomic E-state index is -0.648. The minimum absolute atomic E-state index is 0.152. The summed E-state index contributed by atoms with van der Waals surface area (Å²) in [5.41, 5.74) is 1.22. The Balaban J connectivity index is 1.96. The highest BCUT2D eigenvalue weighted by Crippen LogP contribution is 2.19. The zero-order chi connectivity index (χ0) is 14.8. The standard InChI is InChI=1S/C15H16F2N2OS/c1-10-9-21-15(19(10)8-12-3-2-6-20-12)18-14-5-4-11(16)7-13(14)17/h4-5,7,9,12H,2-3,6,8H2,1H3. The quantitative estimate of drug-likeness (QED) is 0.851. The van der Waals surface area contributed by atoms with Gasteiger partial charge in [-0.1, -0.05) is 0 Å². The van der Waals surface area contributed by atoms with Crippen molar-refractivity contribution < 1.29 is 13.5 Å². The van der Waals surface area contributed by atoms with Crippen molar-refractivity contribution >= 4 is 17.0 Å². The number of thiazole rings is 1. The molecule has 2 heterocycles. The van der Waals surface area contributed by atoms with Crippen molar-refractivity contribution in [2.75, 3.05) is 6.61 Å². The van der Waals surface area contributed by atoms with E-state index in [4.69, 9.17) is 4.74 Å². The zero-order valence-corrected chi connectivity index (χ0v) is 12.5. The van der Waals surface area contributed by atoms with E-state index in [0.717, 1.165) is 37.8 Å². The molecule has 1 atom stereocenters. The van der Waals surface area contributed by atoms with E-state index in [1.54, 1.807) is 0 Å². The Labute approximate surface area is 125 Å². The second kappa shape index (κ2) is 6.07. The maximum Gasteiger partial charge on any atom is 0.190 e. The molecule has 1 aliphatic rings. The van der Waals surface area contributed by atoms with Crippen molar-refractivity contribution in [1.82, 2.24) is 4.57 Å². The second-order valence-corrected chi connectivity index (χ2v) is 5.95. The highest BCUT2D eigenvalue weighted by molar-refractivity contribution is 7.07. The summed E-state index contributed by atoms with van der Waals surface area (Å²) >= 11 is 1.45. The number of hydrogen-bond donors (Lipinski definition) is 0. The van der Waals surface area contributed by atoms with Crippen LogP contribution < -0.4 is 4.80 Å². The fourth-order valence-corrected chi connectivity index (χ4v) is 3.29. The first-order chi connectivity index (χ1) is 10.1. The van der Waals surface area contributed by atoms with Gasteiger partial charge in [0.15, 0.2) is 10.6 Å².